The van der Waals surface area contributed by atoms with Gasteiger partial charge in [-0.05, 0) is 38.2 Å². The fourth-order valence-corrected chi connectivity index (χ4v) is 4.65. The highest BCUT2D eigenvalue weighted by Crippen LogP contribution is 2.45. The maximum absolute atomic E-state index is 12.8. The van der Waals surface area contributed by atoms with Gasteiger partial charge in [-0.3, -0.25) is 19.4 Å². The van der Waals surface area contributed by atoms with Crippen molar-refractivity contribution in [2.75, 3.05) is 24.5 Å². The van der Waals surface area contributed by atoms with Crippen molar-refractivity contribution in [1.29, 1.82) is 5.26 Å². The monoisotopic (exact) mass is 395 g/mol. The summed E-state index contributed by atoms with van der Waals surface area (Å²) in [5.41, 5.74) is 0.585. The van der Waals surface area contributed by atoms with E-state index in [9.17, 15) is 14.4 Å². The van der Waals surface area contributed by atoms with Gasteiger partial charge in [-0.2, -0.15) is 5.26 Å². The van der Waals surface area contributed by atoms with Crippen molar-refractivity contribution in [3.8, 4) is 6.07 Å². The summed E-state index contributed by atoms with van der Waals surface area (Å²) in [6.07, 6.45) is 5.74. The Balaban J connectivity index is 1.37. The van der Waals surface area contributed by atoms with Crippen LogP contribution in [0.5, 0.6) is 0 Å². The minimum absolute atomic E-state index is 0.0226. The molecule has 4 rings (SSSR count). The molecule has 1 aromatic rings. The van der Waals surface area contributed by atoms with Crippen molar-refractivity contribution in [3.63, 3.8) is 0 Å². The van der Waals surface area contributed by atoms with Gasteiger partial charge >= 0.3 is 0 Å². The standard InChI is InChI=1S/C21H25N5O3/c1-14-13-25(6-7-26(14)17-8-15(10-22)11-23-12-17)20(29)4-5-21(16-2-3-16)18(27)9-19(28)24-21/h8,11-12,14,16H,2-7,9,13H2,1H3,(H,24,28)/t14-,21?/m0/s1. The molecule has 3 heterocycles. The molecule has 0 spiro atoms. The number of nitrogens with one attached hydrogen (secondary N) is 1. The molecule has 3 fully saturated rings. The second-order valence-corrected chi connectivity index (χ2v) is 8.32. The zero-order chi connectivity index (χ0) is 20.6. The molecule has 0 bridgehead atoms. The van der Waals surface area contributed by atoms with Crippen molar-refractivity contribution < 1.29 is 14.4 Å². The minimum atomic E-state index is -0.816. The van der Waals surface area contributed by atoms with E-state index in [1.807, 2.05) is 17.9 Å². The summed E-state index contributed by atoms with van der Waals surface area (Å²) < 4.78 is 0. The lowest BCUT2D eigenvalue weighted by Gasteiger charge is -2.41. The molecule has 0 radical (unpaired) electrons. The van der Waals surface area contributed by atoms with Crippen LogP contribution in [0.2, 0.25) is 0 Å². The molecule has 3 aliphatic rings. The molecule has 8 heteroatoms. The molecule has 29 heavy (non-hydrogen) atoms. The van der Waals surface area contributed by atoms with E-state index in [0.717, 1.165) is 18.5 Å². The number of carbonyl (C=O) groups is 3. The van der Waals surface area contributed by atoms with E-state index in [1.165, 1.54) is 6.20 Å². The lowest BCUT2D eigenvalue weighted by molar-refractivity contribution is -0.133. The number of nitriles is 1. The van der Waals surface area contributed by atoms with Crippen LogP contribution in [0.3, 0.4) is 0 Å². The normalized spacial score (nSPS) is 27.0. The van der Waals surface area contributed by atoms with Crippen LogP contribution in [0.1, 0.15) is 44.6 Å². The molecular formula is C21H25N5O3. The zero-order valence-corrected chi connectivity index (χ0v) is 16.6. The molecule has 1 saturated carbocycles. The molecule has 1 unspecified atom stereocenters. The SMILES string of the molecule is C[C@H]1CN(C(=O)CCC2(C3CC3)NC(=O)CC2=O)CCN1c1cncc(C#N)c1. The van der Waals surface area contributed by atoms with Crippen LogP contribution in [0.4, 0.5) is 5.69 Å². The smallest absolute Gasteiger partial charge is 0.228 e. The van der Waals surface area contributed by atoms with E-state index in [4.69, 9.17) is 5.26 Å². The van der Waals surface area contributed by atoms with Gasteiger partial charge in [0.25, 0.3) is 0 Å². The summed E-state index contributed by atoms with van der Waals surface area (Å²) in [4.78, 5) is 45.2. The third-order valence-corrected chi connectivity index (χ3v) is 6.35. The van der Waals surface area contributed by atoms with Crippen LogP contribution in [0.15, 0.2) is 18.5 Å². The Morgan fingerprint density at radius 3 is 2.76 bits per heavy atom. The molecule has 1 aromatic heterocycles. The maximum atomic E-state index is 12.8. The topological polar surface area (TPSA) is 106 Å². The lowest BCUT2D eigenvalue weighted by Crippen LogP contribution is -2.54. The van der Waals surface area contributed by atoms with Crippen molar-refractivity contribution in [2.45, 2.75) is 50.6 Å². The molecule has 8 nitrogen and oxygen atoms in total. The van der Waals surface area contributed by atoms with E-state index in [1.54, 1.807) is 6.20 Å². The van der Waals surface area contributed by atoms with Gasteiger partial charge in [0, 0.05) is 38.3 Å². The number of anilines is 1. The third kappa shape index (κ3) is 3.69. The van der Waals surface area contributed by atoms with Gasteiger partial charge in [-0.15, -0.1) is 0 Å². The average molecular weight is 395 g/mol. The number of pyridine rings is 1. The average Bonchev–Trinajstić information content (AvgIpc) is 3.52. The van der Waals surface area contributed by atoms with E-state index in [-0.39, 0.29) is 42.4 Å². The zero-order valence-electron chi connectivity index (χ0n) is 16.6. The number of rotatable bonds is 5. The van der Waals surface area contributed by atoms with Crippen LogP contribution in [0.25, 0.3) is 0 Å². The second kappa shape index (κ2) is 7.47. The molecule has 1 aliphatic carbocycles. The van der Waals surface area contributed by atoms with Gasteiger partial charge in [0.15, 0.2) is 5.78 Å². The van der Waals surface area contributed by atoms with Crippen molar-refractivity contribution in [2.24, 2.45) is 5.92 Å². The Bertz CT molecular complexity index is 891. The Hall–Kier alpha value is -2.95. The number of aromatic nitrogens is 1. The molecule has 2 saturated heterocycles. The highest BCUT2D eigenvalue weighted by Gasteiger charge is 2.55. The third-order valence-electron chi connectivity index (χ3n) is 6.35. The van der Waals surface area contributed by atoms with Crippen molar-refractivity contribution in [1.82, 2.24) is 15.2 Å². The van der Waals surface area contributed by atoms with Crippen molar-refractivity contribution in [3.05, 3.63) is 24.0 Å². The summed E-state index contributed by atoms with van der Waals surface area (Å²) in [6.45, 7) is 3.86. The number of hydrogen-bond donors (Lipinski definition) is 1. The van der Waals surface area contributed by atoms with E-state index < -0.39 is 5.54 Å². The van der Waals surface area contributed by atoms with Crippen LogP contribution >= 0.6 is 0 Å². The summed E-state index contributed by atoms with van der Waals surface area (Å²) in [6, 6.07) is 4.01. The highest BCUT2D eigenvalue weighted by atomic mass is 16.2. The fourth-order valence-electron chi connectivity index (χ4n) is 4.65. The van der Waals surface area contributed by atoms with Crippen LogP contribution in [-0.4, -0.2) is 58.7 Å². The molecule has 2 atom stereocenters. The molecule has 0 aromatic carbocycles. The molecule has 2 amide bonds. The van der Waals surface area contributed by atoms with E-state index >= 15 is 0 Å². The predicted molar refractivity (Wildman–Crippen MR) is 105 cm³/mol. The summed E-state index contributed by atoms with van der Waals surface area (Å²) in [5.74, 6) is -0.0648. The molecule has 152 valence electrons. The Morgan fingerprint density at radius 2 is 2.14 bits per heavy atom. The molecular weight excluding hydrogens is 370 g/mol. The number of amides is 2. The molecule has 2 aliphatic heterocycles. The maximum Gasteiger partial charge on any atom is 0.228 e. The Morgan fingerprint density at radius 1 is 1.34 bits per heavy atom. The number of ketones is 1. The first-order valence-corrected chi connectivity index (χ1v) is 10.2. The minimum Gasteiger partial charge on any atom is -0.364 e. The predicted octanol–water partition coefficient (Wildman–Crippen LogP) is 1.01. The highest BCUT2D eigenvalue weighted by molar-refractivity contribution is 6.10. The van der Waals surface area contributed by atoms with Crippen LogP contribution in [0, 0.1) is 17.2 Å². The summed E-state index contributed by atoms with van der Waals surface area (Å²) in [5, 5.41) is 12.0. The second-order valence-electron chi connectivity index (χ2n) is 8.32. The Kier molecular flexibility index (Phi) is 4.99. The fraction of sp³-hybridized carbons (Fsp3) is 0.571. The first-order chi connectivity index (χ1) is 13.9. The largest absolute Gasteiger partial charge is 0.364 e. The first-order valence-electron chi connectivity index (χ1n) is 10.2. The molecule has 1 N–H and O–H groups in total. The van der Waals surface area contributed by atoms with Gasteiger partial charge in [-0.1, -0.05) is 0 Å². The van der Waals surface area contributed by atoms with Gasteiger partial charge in [0.2, 0.25) is 11.8 Å². The van der Waals surface area contributed by atoms with E-state index in [2.05, 4.69) is 21.3 Å². The number of nitrogens with zero attached hydrogens (tertiary/aromatic N) is 4. The number of carbonyl (C=O) groups excluding carboxylic acids is 3. The van der Waals surface area contributed by atoms with E-state index in [0.29, 0.717) is 31.6 Å². The van der Waals surface area contributed by atoms with Crippen LogP contribution < -0.4 is 10.2 Å². The van der Waals surface area contributed by atoms with Gasteiger partial charge in [-0.25, -0.2) is 0 Å². The summed E-state index contributed by atoms with van der Waals surface area (Å²) in [7, 11) is 0. The van der Waals surface area contributed by atoms with Gasteiger partial charge in [0.05, 0.1) is 23.9 Å². The lowest BCUT2D eigenvalue weighted by atomic mass is 9.85. The first kappa shape index (κ1) is 19.4. The van der Waals surface area contributed by atoms with Crippen LogP contribution in [-0.2, 0) is 14.4 Å². The van der Waals surface area contributed by atoms with Gasteiger partial charge < -0.3 is 15.1 Å². The number of hydrogen-bond acceptors (Lipinski definition) is 6. The van der Waals surface area contributed by atoms with Gasteiger partial charge in [0.1, 0.15) is 11.6 Å². The Labute approximate surface area is 169 Å². The quantitative estimate of drug-likeness (QED) is 0.746. The summed E-state index contributed by atoms with van der Waals surface area (Å²) >= 11 is 0. The van der Waals surface area contributed by atoms with Crippen molar-refractivity contribution >= 4 is 23.3 Å². The number of Topliss-reactive ketones (excluding diaryl/α,β-unsaturated/α-hetero) is 1. The number of piperazine rings is 1.